The summed E-state index contributed by atoms with van der Waals surface area (Å²) in [6, 6.07) is 10.2. The highest BCUT2D eigenvalue weighted by atomic mass is 35.5. The molecule has 1 aliphatic rings. The number of carbonyl (C=O) groups excluding carboxylic acids is 1. The fraction of sp³-hybridized carbons (Fsp3) is 0.364. The molecule has 1 amide bonds. The van der Waals surface area contributed by atoms with Gasteiger partial charge in [0.15, 0.2) is 6.61 Å². The van der Waals surface area contributed by atoms with Crippen molar-refractivity contribution in [2.45, 2.75) is 25.4 Å². The van der Waals surface area contributed by atoms with E-state index in [1.807, 2.05) is 0 Å². The van der Waals surface area contributed by atoms with E-state index in [-0.39, 0.29) is 31.1 Å². The molecule has 9 nitrogen and oxygen atoms in total. The molecule has 35 heavy (non-hydrogen) atoms. The predicted molar refractivity (Wildman–Crippen MR) is 117 cm³/mol. The SMILES string of the molecule is O=C(COc1ccc(Cl)cc1)N1CCOC(Cn2cc(COc3cccc(C(F)(F)F)n3)nn2)C1. The second-order valence-electron chi connectivity index (χ2n) is 7.65. The van der Waals surface area contributed by atoms with Crippen LogP contribution >= 0.6 is 11.6 Å². The van der Waals surface area contributed by atoms with E-state index in [2.05, 4.69) is 15.3 Å². The van der Waals surface area contributed by atoms with Crippen LogP contribution in [-0.2, 0) is 28.9 Å². The molecule has 1 aliphatic heterocycles. The molecule has 0 N–H and O–H groups in total. The maximum absolute atomic E-state index is 12.8. The molecule has 3 heterocycles. The van der Waals surface area contributed by atoms with Gasteiger partial charge in [0.1, 0.15) is 23.7 Å². The first-order valence-corrected chi connectivity index (χ1v) is 11.0. The molecule has 3 aromatic rings. The van der Waals surface area contributed by atoms with E-state index in [0.717, 1.165) is 6.07 Å². The zero-order valence-electron chi connectivity index (χ0n) is 18.3. The summed E-state index contributed by atoms with van der Waals surface area (Å²) in [5.41, 5.74) is -0.630. The standard InChI is InChI=1S/C22H21ClF3N5O4/c23-15-4-6-17(7-5-15)34-14-21(32)30-8-9-33-18(11-30)12-31-10-16(28-29-31)13-35-20-3-1-2-19(27-20)22(24,25)26/h1-7,10,18H,8-9,11-14H2. The number of halogens is 4. The molecule has 1 atom stereocenters. The van der Waals surface area contributed by atoms with Gasteiger partial charge in [0.25, 0.3) is 5.91 Å². The predicted octanol–water partition coefficient (Wildman–Crippen LogP) is 3.23. The monoisotopic (exact) mass is 511 g/mol. The van der Waals surface area contributed by atoms with Gasteiger partial charge in [-0.2, -0.15) is 13.2 Å². The van der Waals surface area contributed by atoms with Crippen LogP contribution in [0, 0.1) is 0 Å². The van der Waals surface area contributed by atoms with Crippen LogP contribution < -0.4 is 9.47 Å². The van der Waals surface area contributed by atoms with Crippen LogP contribution in [0.15, 0.2) is 48.7 Å². The van der Waals surface area contributed by atoms with Crippen LogP contribution in [0.25, 0.3) is 0 Å². The number of rotatable bonds is 8. The molecule has 1 unspecified atom stereocenters. The molecule has 1 aromatic carbocycles. The van der Waals surface area contributed by atoms with Crippen molar-refractivity contribution >= 4 is 17.5 Å². The third-order valence-corrected chi connectivity index (χ3v) is 5.28. The lowest BCUT2D eigenvalue weighted by Crippen LogP contribution is -2.48. The minimum absolute atomic E-state index is 0.105. The molecule has 2 aromatic heterocycles. The second-order valence-corrected chi connectivity index (χ2v) is 8.09. The molecule has 1 saturated heterocycles. The van der Waals surface area contributed by atoms with Gasteiger partial charge >= 0.3 is 6.18 Å². The zero-order valence-corrected chi connectivity index (χ0v) is 19.1. The van der Waals surface area contributed by atoms with E-state index >= 15 is 0 Å². The van der Waals surface area contributed by atoms with Crippen molar-refractivity contribution in [1.82, 2.24) is 24.9 Å². The van der Waals surface area contributed by atoms with Crippen LogP contribution in [-0.4, -0.2) is 63.2 Å². The summed E-state index contributed by atoms with van der Waals surface area (Å²) < 4.78 is 56.4. The first-order valence-electron chi connectivity index (χ1n) is 10.6. The molecule has 13 heteroatoms. The van der Waals surface area contributed by atoms with Crippen molar-refractivity contribution in [3.63, 3.8) is 0 Å². The fourth-order valence-corrected chi connectivity index (χ4v) is 3.45. The average Bonchev–Trinajstić information content (AvgIpc) is 3.29. The molecule has 0 radical (unpaired) electrons. The van der Waals surface area contributed by atoms with Crippen LogP contribution in [0.3, 0.4) is 0 Å². The number of amides is 1. The molecular formula is C22H21ClF3N5O4. The van der Waals surface area contributed by atoms with Crippen molar-refractivity contribution in [3.8, 4) is 11.6 Å². The number of alkyl halides is 3. The Kier molecular flexibility index (Phi) is 7.71. The molecule has 0 aliphatic carbocycles. The van der Waals surface area contributed by atoms with Gasteiger partial charge < -0.3 is 19.1 Å². The first-order chi connectivity index (χ1) is 16.8. The van der Waals surface area contributed by atoms with Gasteiger partial charge in [-0.05, 0) is 30.3 Å². The molecule has 0 spiro atoms. The Bertz CT molecular complexity index is 1140. The van der Waals surface area contributed by atoms with E-state index in [4.69, 9.17) is 25.8 Å². The highest BCUT2D eigenvalue weighted by molar-refractivity contribution is 6.30. The van der Waals surface area contributed by atoms with Gasteiger partial charge in [0.05, 0.1) is 25.5 Å². The quantitative estimate of drug-likeness (QED) is 0.458. The van der Waals surface area contributed by atoms with Crippen molar-refractivity contribution < 1.29 is 32.2 Å². The summed E-state index contributed by atoms with van der Waals surface area (Å²) in [7, 11) is 0. The molecule has 186 valence electrons. The first kappa shape index (κ1) is 24.7. The molecule has 0 bridgehead atoms. The van der Waals surface area contributed by atoms with E-state index in [1.165, 1.54) is 16.8 Å². The number of carbonyl (C=O) groups is 1. The molecule has 1 fully saturated rings. The maximum Gasteiger partial charge on any atom is 0.433 e. The largest absolute Gasteiger partial charge is 0.484 e. The number of nitrogens with zero attached hydrogens (tertiary/aromatic N) is 5. The Balaban J connectivity index is 1.25. The third kappa shape index (κ3) is 7.06. The number of pyridine rings is 1. The van der Waals surface area contributed by atoms with Crippen molar-refractivity contribution in [2.75, 3.05) is 26.3 Å². The van der Waals surface area contributed by atoms with Gasteiger partial charge in [-0.15, -0.1) is 5.10 Å². The zero-order chi connectivity index (χ0) is 24.8. The van der Waals surface area contributed by atoms with Gasteiger partial charge in [-0.1, -0.05) is 22.9 Å². The Morgan fingerprint density at radius 3 is 2.74 bits per heavy atom. The lowest BCUT2D eigenvalue weighted by Gasteiger charge is -2.32. The van der Waals surface area contributed by atoms with E-state index in [9.17, 15) is 18.0 Å². The summed E-state index contributed by atoms with van der Waals surface area (Å²) in [6.45, 7) is 1.28. The Labute approximate surface area is 203 Å². The second kappa shape index (κ2) is 10.9. The van der Waals surface area contributed by atoms with Crippen molar-refractivity contribution in [2.24, 2.45) is 0 Å². The van der Waals surface area contributed by atoms with Gasteiger partial charge in [-0.25, -0.2) is 9.67 Å². The summed E-state index contributed by atoms with van der Waals surface area (Å²) in [4.78, 5) is 17.6. The van der Waals surface area contributed by atoms with E-state index < -0.39 is 11.9 Å². The summed E-state index contributed by atoms with van der Waals surface area (Å²) in [6.07, 6.45) is -3.27. The summed E-state index contributed by atoms with van der Waals surface area (Å²) in [5.74, 6) is 0.208. The Morgan fingerprint density at radius 2 is 1.97 bits per heavy atom. The lowest BCUT2D eigenvalue weighted by atomic mass is 10.2. The van der Waals surface area contributed by atoms with E-state index in [0.29, 0.717) is 42.7 Å². The van der Waals surface area contributed by atoms with Crippen LogP contribution in [0.2, 0.25) is 5.02 Å². The minimum atomic E-state index is -4.56. The minimum Gasteiger partial charge on any atom is -0.484 e. The number of hydrogen-bond donors (Lipinski definition) is 0. The highest BCUT2D eigenvalue weighted by Crippen LogP contribution is 2.28. The summed E-state index contributed by atoms with van der Waals surface area (Å²) in [5, 5.41) is 8.54. The number of morpholine rings is 1. The van der Waals surface area contributed by atoms with Crippen molar-refractivity contribution in [3.05, 3.63) is 65.1 Å². The Hall–Kier alpha value is -3.38. The third-order valence-electron chi connectivity index (χ3n) is 5.03. The lowest BCUT2D eigenvalue weighted by molar-refractivity contribution is -0.142. The topological polar surface area (TPSA) is 91.6 Å². The smallest absolute Gasteiger partial charge is 0.433 e. The number of benzene rings is 1. The molecular weight excluding hydrogens is 491 g/mol. The Morgan fingerprint density at radius 1 is 1.17 bits per heavy atom. The molecule has 0 saturated carbocycles. The fourth-order valence-electron chi connectivity index (χ4n) is 3.33. The number of aromatic nitrogens is 4. The van der Waals surface area contributed by atoms with Gasteiger partial charge in [-0.3, -0.25) is 4.79 Å². The van der Waals surface area contributed by atoms with Crippen LogP contribution in [0.4, 0.5) is 13.2 Å². The highest BCUT2D eigenvalue weighted by Gasteiger charge is 2.32. The van der Waals surface area contributed by atoms with Gasteiger partial charge in [0.2, 0.25) is 5.88 Å². The molecule has 4 rings (SSSR count). The normalized spacial score (nSPS) is 16.2. The average molecular weight is 512 g/mol. The summed E-state index contributed by atoms with van der Waals surface area (Å²) >= 11 is 5.84. The maximum atomic E-state index is 12.8. The van der Waals surface area contributed by atoms with Crippen molar-refractivity contribution in [1.29, 1.82) is 0 Å². The van der Waals surface area contributed by atoms with Gasteiger partial charge in [0, 0.05) is 24.2 Å². The number of ether oxygens (including phenoxy) is 3. The van der Waals surface area contributed by atoms with Crippen LogP contribution in [0.5, 0.6) is 11.6 Å². The number of hydrogen-bond acceptors (Lipinski definition) is 7. The van der Waals surface area contributed by atoms with E-state index in [1.54, 1.807) is 35.4 Å². The van der Waals surface area contributed by atoms with Crippen LogP contribution in [0.1, 0.15) is 11.4 Å².